The van der Waals surface area contributed by atoms with Crippen LogP contribution in [0, 0.1) is 5.41 Å². The Bertz CT molecular complexity index is 838. The van der Waals surface area contributed by atoms with Crippen LogP contribution in [0.5, 0.6) is 0 Å². The van der Waals surface area contributed by atoms with Crippen LogP contribution in [-0.2, 0) is 0 Å². The Morgan fingerprint density at radius 2 is 1.88 bits per heavy atom. The number of para-hydroxylation sites is 1. The fraction of sp³-hybridized carbons (Fsp3) is 0.421. The lowest BCUT2D eigenvalue weighted by molar-refractivity contribution is 0.217. The third kappa shape index (κ3) is 3.64. The van der Waals surface area contributed by atoms with Gasteiger partial charge in [0.25, 0.3) is 0 Å². The molecule has 1 N–H and O–H groups in total. The Morgan fingerprint density at radius 3 is 2.56 bits per heavy atom. The molecule has 1 atom stereocenters. The van der Waals surface area contributed by atoms with E-state index in [2.05, 4.69) is 60.1 Å². The molecule has 0 bridgehead atoms. The molecule has 0 aliphatic carbocycles. The van der Waals surface area contributed by atoms with Crippen LogP contribution >= 0.6 is 0 Å². The van der Waals surface area contributed by atoms with Crippen molar-refractivity contribution in [2.75, 3.05) is 26.0 Å². The van der Waals surface area contributed by atoms with Gasteiger partial charge in [-0.25, -0.2) is 14.6 Å². The average Bonchev–Trinajstić information content (AvgIpc) is 2.99. The SMILES string of the molecule is CC(Nc1ncnc2c1cnn2-c1ccccc1)C(C)(C)CN(C)C. The summed E-state index contributed by atoms with van der Waals surface area (Å²) >= 11 is 0. The molecule has 0 aliphatic rings. The van der Waals surface area contributed by atoms with Gasteiger partial charge in [-0.2, -0.15) is 5.10 Å². The van der Waals surface area contributed by atoms with E-state index in [4.69, 9.17) is 0 Å². The van der Waals surface area contributed by atoms with Crippen LogP contribution in [0.3, 0.4) is 0 Å². The van der Waals surface area contributed by atoms with Gasteiger partial charge < -0.3 is 10.2 Å². The summed E-state index contributed by atoms with van der Waals surface area (Å²) in [5, 5.41) is 9.00. The number of nitrogens with one attached hydrogen (secondary N) is 1. The van der Waals surface area contributed by atoms with Crippen LogP contribution in [-0.4, -0.2) is 51.3 Å². The standard InChI is InChI=1S/C19H26N6/c1-14(19(2,3)12-24(4)5)23-17-16-11-22-25(18(16)21-13-20-17)15-9-7-6-8-10-15/h6-11,13-14H,12H2,1-5H3,(H,20,21,23). The number of hydrogen-bond acceptors (Lipinski definition) is 5. The number of hydrogen-bond donors (Lipinski definition) is 1. The van der Waals surface area contributed by atoms with Crippen molar-refractivity contribution in [1.29, 1.82) is 0 Å². The van der Waals surface area contributed by atoms with Gasteiger partial charge in [0.05, 0.1) is 17.3 Å². The molecule has 1 aromatic carbocycles. The molecule has 0 aliphatic heterocycles. The first-order valence-electron chi connectivity index (χ1n) is 8.54. The van der Waals surface area contributed by atoms with Gasteiger partial charge in [0, 0.05) is 12.6 Å². The molecule has 0 amide bonds. The highest BCUT2D eigenvalue weighted by Gasteiger charge is 2.27. The first-order chi connectivity index (χ1) is 11.9. The number of benzene rings is 1. The zero-order valence-corrected chi connectivity index (χ0v) is 15.6. The van der Waals surface area contributed by atoms with E-state index in [1.807, 2.05) is 41.2 Å². The van der Waals surface area contributed by atoms with Gasteiger partial charge in [0.2, 0.25) is 0 Å². The Balaban J connectivity index is 1.92. The Labute approximate surface area is 148 Å². The normalized spacial score (nSPS) is 13.4. The lowest BCUT2D eigenvalue weighted by Crippen LogP contribution is -2.41. The molecule has 3 aromatic rings. The Kier molecular flexibility index (Phi) is 4.72. The molecule has 2 heterocycles. The molecule has 6 nitrogen and oxygen atoms in total. The zero-order valence-electron chi connectivity index (χ0n) is 15.6. The first-order valence-corrected chi connectivity index (χ1v) is 8.54. The highest BCUT2D eigenvalue weighted by atomic mass is 15.3. The minimum Gasteiger partial charge on any atom is -0.366 e. The van der Waals surface area contributed by atoms with Gasteiger partial charge in [0.15, 0.2) is 5.65 Å². The van der Waals surface area contributed by atoms with Crippen LogP contribution in [0.15, 0.2) is 42.9 Å². The molecule has 3 rings (SSSR count). The number of anilines is 1. The van der Waals surface area contributed by atoms with Gasteiger partial charge in [-0.15, -0.1) is 0 Å². The van der Waals surface area contributed by atoms with Gasteiger partial charge in [0.1, 0.15) is 12.1 Å². The monoisotopic (exact) mass is 338 g/mol. The predicted octanol–water partition coefficient (Wildman–Crippen LogP) is 3.20. The van der Waals surface area contributed by atoms with E-state index in [-0.39, 0.29) is 11.5 Å². The molecule has 0 spiro atoms. The fourth-order valence-electron chi connectivity index (χ4n) is 3.07. The maximum atomic E-state index is 4.51. The van der Waals surface area contributed by atoms with Crippen LogP contribution < -0.4 is 5.32 Å². The quantitative estimate of drug-likeness (QED) is 0.748. The number of aromatic nitrogens is 4. The maximum Gasteiger partial charge on any atom is 0.168 e. The van der Waals surface area contributed by atoms with Gasteiger partial charge in [-0.05, 0) is 38.6 Å². The van der Waals surface area contributed by atoms with E-state index in [1.54, 1.807) is 6.33 Å². The molecule has 2 aromatic heterocycles. The van der Waals surface area contributed by atoms with E-state index in [0.29, 0.717) is 0 Å². The molecule has 0 fully saturated rings. The second kappa shape index (κ2) is 6.80. The minimum absolute atomic E-state index is 0.0935. The zero-order chi connectivity index (χ0) is 18.0. The summed E-state index contributed by atoms with van der Waals surface area (Å²) in [5.74, 6) is 0.825. The van der Waals surface area contributed by atoms with Crippen LogP contribution in [0.1, 0.15) is 20.8 Å². The van der Waals surface area contributed by atoms with Crippen LogP contribution in [0.4, 0.5) is 5.82 Å². The van der Waals surface area contributed by atoms with Crippen molar-refractivity contribution in [3.8, 4) is 5.69 Å². The van der Waals surface area contributed by atoms with Crippen LogP contribution in [0.25, 0.3) is 16.7 Å². The summed E-state index contributed by atoms with van der Waals surface area (Å²) in [4.78, 5) is 11.1. The Morgan fingerprint density at radius 1 is 1.16 bits per heavy atom. The van der Waals surface area contributed by atoms with Crippen molar-refractivity contribution in [3.63, 3.8) is 0 Å². The highest BCUT2D eigenvalue weighted by Crippen LogP contribution is 2.27. The summed E-state index contributed by atoms with van der Waals surface area (Å²) in [7, 11) is 4.20. The van der Waals surface area contributed by atoms with E-state index in [1.165, 1.54) is 0 Å². The maximum absolute atomic E-state index is 4.51. The molecule has 0 radical (unpaired) electrons. The van der Waals surface area contributed by atoms with Gasteiger partial charge >= 0.3 is 0 Å². The van der Waals surface area contributed by atoms with Crippen molar-refractivity contribution in [1.82, 2.24) is 24.6 Å². The predicted molar refractivity (Wildman–Crippen MR) is 102 cm³/mol. The summed E-state index contributed by atoms with van der Waals surface area (Å²) in [5.41, 5.74) is 1.89. The van der Waals surface area contributed by atoms with Crippen LogP contribution in [0.2, 0.25) is 0 Å². The first kappa shape index (κ1) is 17.4. The topological polar surface area (TPSA) is 58.9 Å². The van der Waals surface area contributed by atoms with Gasteiger partial charge in [-0.3, -0.25) is 0 Å². The summed E-state index contributed by atoms with van der Waals surface area (Å²) < 4.78 is 1.85. The van der Waals surface area contributed by atoms with Crippen molar-refractivity contribution in [2.45, 2.75) is 26.8 Å². The van der Waals surface area contributed by atoms with E-state index < -0.39 is 0 Å². The molecule has 0 saturated carbocycles. The largest absolute Gasteiger partial charge is 0.366 e. The lowest BCUT2D eigenvalue weighted by Gasteiger charge is -2.35. The second-order valence-corrected chi connectivity index (χ2v) is 7.44. The molecule has 0 saturated heterocycles. The molecular weight excluding hydrogens is 312 g/mol. The third-order valence-electron chi connectivity index (χ3n) is 4.62. The number of nitrogens with zero attached hydrogens (tertiary/aromatic N) is 5. The summed E-state index contributed by atoms with van der Waals surface area (Å²) in [6.07, 6.45) is 3.42. The molecule has 6 heteroatoms. The van der Waals surface area contributed by atoms with Crippen molar-refractivity contribution < 1.29 is 0 Å². The van der Waals surface area contributed by atoms with E-state index in [9.17, 15) is 0 Å². The van der Waals surface area contributed by atoms with Crippen molar-refractivity contribution in [3.05, 3.63) is 42.9 Å². The van der Waals surface area contributed by atoms with Crippen molar-refractivity contribution in [2.24, 2.45) is 5.41 Å². The van der Waals surface area contributed by atoms with Crippen molar-refractivity contribution >= 4 is 16.9 Å². The minimum atomic E-state index is 0.0935. The molecule has 132 valence electrons. The summed E-state index contributed by atoms with van der Waals surface area (Å²) in [6, 6.07) is 10.3. The average molecular weight is 338 g/mol. The smallest absolute Gasteiger partial charge is 0.168 e. The Hall–Kier alpha value is -2.47. The second-order valence-electron chi connectivity index (χ2n) is 7.44. The third-order valence-corrected chi connectivity index (χ3v) is 4.62. The molecular formula is C19H26N6. The number of rotatable bonds is 6. The number of fused-ring (bicyclic) bond motifs is 1. The molecule has 25 heavy (non-hydrogen) atoms. The fourth-order valence-corrected chi connectivity index (χ4v) is 3.07. The van der Waals surface area contributed by atoms with E-state index in [0.717, 1.165) is 29.1 Å². The van der Waals surface area contributed by atoms with E-state index >= 15 is 0 Å². The lowest BCUT2D eigenvalue weighted by atomic mass is 9.85. The summed E-state index contributed by atoms with van der Waals surface area (Å²) in [6.45, 7) is 7.70. The highest BCUT2D eigenvalue weighted by molar-refractivity contribution is 5.87. The molecule has 1 unspecified atom stereocenters. The van der Waals surface area contributed by atoms with Gasteiger partial charge in [-0.1, -0.05) is 32.0 Å².